The van der Waals surface area contributed by atoms with Gasteiger partial charge in [-0.15, -0.1) is 0 Å². The van der Waals surface area contributed by atoms with Crippen molar-refractivity contribution in [2.75, 3.05) is 0 Å². The molecule has 0 spiro atoms. The van der Waals surface area contributed by atoms with Crippen molar-refractivity contribution >= 4 is 14.1 Å². The second-order valence-corrected chi connectivity index (χ2v) is 9.72. The first-order valence-corrected chi connectivity index (χ1v) is 9.54. The quantitative estimate of drug-likeness (QED) is 0.604. The van der Waals surface area contributed by atoms with Gasteiger partial charge in [0, 0.05) is 10.9 Å². The third kappa shape index (κ3) is 4.61. The minimum absolute atomic E-state index is 0.0563. The van der Waals surface area contributed by atoms with Crippen molar-refractivity contribution < 1.29 is 4.52 Å². The molecule has 2 aromatic rings. The Hall–Kier alpha value is -1.33. The van der Waals surface area contributed by atoms with Crippen molar-refractivity contribution in [2.24, 2.45) is 0 Å². The molecule has 1 unspecified atom stereocenters. The minimum Gasteiger partial charge on any atom is -0.472 e. The standard InChI is InChI=1S/C22H31OP/c1-15-9-11-17(12-10-15)24-23-20-13-16(2)18(21(3,4)5)14-19(20)22(6,7)8/h9-14,24H,1-8H3. The van der Waals surface area contributed by atoms with E-state index in [1.165, 1.54) is 27.6 Å². The Morgan fingerprint density at radius 3 is 1.79 bits per heavy atom. The monoisotopic (exact) mass is 342 g/mol. The average Bonchev–Trinajstić information content (AvgIpc) is 2.44. The van der Waals surface area contributed by atoms with Crippen LogP contribution in [0, 0.1) is 13.8 Å². The second-order valence-electron chi connectivity index (χ2n) is 8.73. The number of benzene rings is 2. The lowest BCUT2D eigenvalue weighted by atomic mass is 9.78. The summed E-state index contributed by atoms with van der Waals surface area (Å²) < 4.78 is 6.27. The highest BCUT2D eigenvalue weighted by atomic mass is 31.1. The van der Waals surface area contributed by atoms with Crippen molar-refractivity contribution in [1.82, 2.24) is 0 Å². The summed E-state index contributed by atoms with van der Waals surface area (Å²) in [6, 6.07) is 13.2. The van der Waals surface area contributed by atoms with Gasteiger partial charge in [0.15, 0.2) is 0 Å². The van der Waals surface area contributed by atoms with Gasteiger partial charge < -0.3 is 4.52 Å². The molecule has 0 aliphatic carbocycles. The summed E-state index contributed by atoms with van der Waals surface area (Å²) >= 11 is 0. The van der Waals surface area contributed by atoms with Gasteiger partial charge in [-0.25, -0.2) is 0 Å². The van der Waals surface area contributed by atoms with Gasteiger partial charge in [-0.05, 0) is 41.9 Å². The summed E-state index contributed by atoms with van der Waals surface area (Å²) in [4.78, 5) is 0. The van der Waals surface area contributed by atoms with Gasteiger partial charge in [0.2, 0.25) is 0 Å². The summed E-state index contributed by atoms with van der Waals surface area (Å²) in [6.07, 6.45) is 0. The van der Waals surface area contributed by atoms with Crippen LogP contribution in [0.2, 0.25) is 0 Å². The highest BCUT2D eigenvalue weighted by Gasteiger charge is 2.25. The van der Waals surface area contributed by atoms with Gasteiger partial charge in [-0.3, -0.25) is 0 Å². The third-order valence-electron chi connectivity index (χ3n) is 4.27. The van der Waals surface area contributed by atoms with E-state index in [9.17, 15) is 0 Å². The zero-order valence-electron chi connectivity index (χ0n) is 16.4. The van der Waals surface area contributed by atoms with Crippen LogP contribution in [0.5, 0.6) is 5.75 Å². The van der Waals surface area contributed by atoms with E-state index in [2.05, 4.69) is 91.8 Å². The molecule has 2 heteroatoms. The Kier molecular flexibility index (Phi) is 5.45. The topological polar surface area (TPSA) is 9.23 Å². The highest BCUT2D eigenvalue weighted by Crippen LogP contribution is 2.39. The van der Waals surface area contributed by atoms with Crippen LogP contribution < -0.4 is 9.83 Å². The Morgan fingerprint density at radius 1 is 0.750 bits per heavy atom. The summed E-state index contributed by atoms with van der Waals surface area (Å²) in [5.74, 6) is 1.02. The van der Waals surface area contributed by atoms with Crippen molar-refractivity contribution in [3.05, 3.63) is 58.7 Å². The Bertz CT molecular complexity index is 700. The lowest BCUT2D eigenvalue weighted by Crippen LogP contribution is -2.18. The van der Waals surface area contributed by atoms with E-state index >= 15 is 0 Å². The Labute approximate surface area is 149 Å². The Balaban J connectivity index is 2.37. The zero-order chi connectivity index (χ0) is 18.1. The number of rotatable bonds is 3. The van der Waals surface area contributed by atoms with Gasteiger partial charge in [-0.2, -0.15) is 0 Å². The van der Waals surface area contributed by atoms with E-state index in [4.69, 9.17) is 4.52 Å². The van der Waals surface area contributed by atoms with Crippen molar-refractivity contribution in [1.29, 1.82) is 0 Å². The highest BCUT2D eigenvalue weighted by molar-refractivity contribution is 7.42. The molecule has 0 amide bonds. The van der Waals surface area contributed by atoms with E-state index in [1.54, 1.807) is 0 Å². The smallest absolute Gasteiger partial charge is 0.127 e. The first-order valence-electron chi connectivity index (χ1n) is 8.63. The van der Waals surface area contributed by atoms with E-state index in [-0.39, 0.29) is 10.8 Å². The maximum Gasteiger partial charge on any atom is 0.127 e. The van der Waals surface area contributed by atoms with Crippen LogP contribution in [-0.4, -0.2) is 0 Å². The molecule has 1 nitrogen and oxygen atoms in total. The molecule has 2 rings (SSSR count). The fourth-order valence-corrected chi connectivity index (χ4v) is 3.59. The number of aryl methyl sites for hydroxylation is 2. The van der Waals surface area contributed by atoms with Crippen LogP contribution in [0.3, 0.4) is 0 Å². The normalized spacial score (nSPS) is 12.8. The van der Waals surface area contributed by atoms with Crippen molar-refractivity contribution in [3.63, 3.8) is 0 Å². The summed E-state index contributed by atoms with van der Waals surface area (Å²) in [6.45, 7) is 17.9. The fourth-order valence-electron chi connectivity index (χ4n) is 2.90. The van der Waals surface area contributed by atoms with Crippen LogP contribution in [0.1, 0.15) is 63.8 Å². The molecule has 24 heavy (non-hydrogen) atoms. The number of hydrogen-bond donors (Lipinski definition) is 0. The van der Waals surface area contributed by atoms with Crippen LogP contribution >= 0.6 is 8.81 Å². The first kappa shape index (κ1) is 19.0. The van der Waals surface area contributed by atoms with E-state index in [1.807, 2.05) is 0 Å². The Morgan fingerprint density at radius 2 is 1.29 bits per heavy atom. The molecule has 0 saturated heterocycles. The molecule has 0 aromatic heterocycles. The molecule has 0 fully saturated rings. The predicted molar refractivity (Wildman–Crippen MR) is 108 cm³/mol. The van der Waals surface area contributed by atoms with E-state index < -0.39 is 0 Å². The molecule has 0 bridgehead atoms. The fraction of sp³-hybridized carbons (Fsp3) is 0.455. The largest absolute Gasteiger partial charge is 0.472 e. The molecule has 0 aliphatic heterocycles. The zero-order valence-corrected chi connectivity index (χ0v) is 17.4. The van der Waals surface area contributed by atoms with E-state index in [0.717, 1.165) is 5.75 Å². The van der Waals surface area contributed by atoms with Crippen molar-refractivity contribution in [3.8, 4) is 5.75 Å². The molecule has 130 valence electrons. The van der Waals surface area contributed by atoms with Crippen LogP contribution in [0.4, 0.5) is 0 Å². The number of hydrogen-bond acceptors (Lipinski definition) is 1. The van der Waals surface area contributed by atoms with Crippen LogP contribution in [0.15, 0.2) is 36.4 Å². The molecular formula is C22H31OP. The average molecular weight is 342 g/mol. The molecule has 0 radical (unpaired) electrons. The van der Waals surface area contributed by atoms with Crippen LogP contribution in [-0.2, 0) is 10.8 Å². The van der Waals surface area contributed by atoms with Gasteiger partial charge in [0.1, 0.15) is 14.6 Å². The maximum absolute atomic E-state index is 6.27. The van der Waals surface area contributed by atoms with Gasteiger partial charge in [0.25, 0.3) is 0 Å². The summed E-state index contributed by atoms with van der Waals surface area (Å²) in [5, 5.41) is 1.23. The maximum atomic E-state index is 6.27. The molecule has 2 aromatic carbocycles. The lowest BCUT2D eigenvalue weighted by molar-refractivity contribution is 0.532. The predicted octanol–water partition coefficient (Wildman–Crippen LogP) is 6.20. The van der Waals surface area contributed by atoms with Crippen molar-refractivity contribution in [2.45, 2.75) is 66.2 Å². The molecule has 0 saturated carbocycles. The molecule has 0 heterocycles. The SMILES string of the molecule is Cc1ccc(POc2cc(C)c(C(C)(C)C)cc2C(C)(C)C)cc1. The minimum atomic E-state index is 0.0563. The van der Waals surface area contributed by atoms with Gasteiger partial charge in [-0.1, -0.05) is 77.4 Å². The third-order valence-corrected chi connectivity index (χ3v) is 5.16. The van der Waals surface area contributed by atoms with Crippen LogP contribution in [0.25, 0.3) is 0 Å². The molecule has 0 aliphatic rings. The summed E-state index contributed by atoms with van der Waals surface area (Å²) in [7, 11) is 0.334. The second kappa shape index (κ2) is 6.89. The molecule has 1 atom stereocenters. The molecular weight excluding hydrogens is 311 g/mol. The van der Waals surface area contributed by atoms with Gasteiger partial charge in [0.05, 0.1) is 0 Å². The first-order chi connectivity index (χ1) is 11.0. The lowest BCUT2D eigenvalue weighted by Gasteiger charge is -2.29. The summed E-state index contributed by atoms with van der Waals surface area (Å²) in [5.41, 5.74) is 5.47. The van der Waals surface area contributed by atoms with Gasteiger partial charge >= 0.3 is 0 Å². The molecule has 0 N–H and O–H groups in total. The van der Waals surface area contributed by atoms with E-state index in [0.29, 0.717) is 8.81 Å².